The van der Waals surface area contributed by atoms with Crippen LogP contribution < -0.4 is 11.1 Å². The lowest BCUT2D eigenvalue weighted by Crippen LogP contribution is -2.25. The van der Waals surface area contributed by atoms with E-state index >= 15 is 0 Å². The van der Waals surface area contributed by atoms with Crippen LogP contribution in [-0.4, -0.2) is 27.4 Å². The minimum atomic E-state index is -0.319. The number of amides is 1. The molecule has 3 N–H and O–H groups in total. The van der Waals surface area contributed by atoms with E-state index in [1.807, 2.05) is 60.7 Å². The van der Waals surface area contributed by atoms with Crippen LogP contribution in [0.25, 0.3) is 17.0 Å². The third-order valence-electron chi connectivity index (χ3n) is 4.78. The third-order valence-corrected chi connectivity index (χ3v) is 4.78. The summed E-state index contributed by atoms with van der Waals surface area (Å²) in [6.07, 6.45) is 1.09. The van der Waals surface area contributed by atoms with Crippen LogP contribution >= 0.6 is 0 Å². The fourth-order valence-corrected chi connectivity index (χ4v) is 3.21. The molecule has 31 heavy (non-hydrogen) atoms. The number of nitrogen functional groups attached to an aromatic ring is 1. The molecule has 154 valence electrons. The largest absolute Gasteiger partial charge is 0.382 e. The van der Waals surface area contributed by atoms with Crippen LogP contribution in [0.2, 0.25) is 0 Å². The number of hydrogen-bond acceptors (Lipinski definition) is 6. The zero-order valence-corrected chi connectivity index (χ0v) is 16.7. The number of nitriles is 1. The van der Waals surface area contributed by atoms with Gasteiger partial charge in [0.2, 0.25) is 0 Å². The first-order valence-corrected chi connectivity index (χ1v) is 9.80. The molecule has 0 saturated heterocycles. The van der Waals surface area contributed by atoms with Crippen LogP contribution in [-0.2, 0) is 6.42 Å². The van der Waals surface area contributed by atoms with E-state index in [1.54, 1.807) is 10.7 Å². The molecule has 0 radical (unpaired) electrons. The topological polar surface area (TPSA) is 123 Å². The molecule has 0 aliphatic carbocycles. The van der Waals surface area contributed by atoms with E-state index in [2.05, 4.69) is 21.6 Å². The van der Waals surface area contributed by atoms with E-state index < -0.39 is 0 Å². The number of nitrogens with one attached hydrogen (secondary N) is 1. The lowest BCUT2D eigenvalue weighted by molar-refractivity contribution is 0.0944. The molecule has 0 unspecified atom stereocenters. The molecule has 0 aliphatic rings. The van der Waals surface area contributed by atoms with E-state index in [0.717, 1.165) is 11.3 Å². The van der Waals surface area contributed by atoms with Gasteiger partial charge in [0.15, 0.2) is 11.5 Å². The van der Waals surface area contributed by atoms with Gasteiger partial charge in [-0.25, -0.2) is 4.68 Å². The van der Waals surface area contributed by atoms with Crippen molar-refractivity contribution in [2.75, 3.05) is 12.3 Å². The summed E-state index contributed by atoms with van der Waals surface area (Å²) in [5, 5.41) is 20.6. The normalized spacial score (nSPS) is 10.5. The van der Waals surface area contributed by atoms with Crippen molar-refractivity contribution in [3.63, 3.8) is 0 Å². The molecule has 1 amide bonds. The summed E-state index contributed by atoms with van der Waals surface area (Å²) in [5.41, 5.74) is 8.93. The second-order valence-corrected chi connectivity index (χ2v) is 6.87. The maximum Gasteiger partial charge on any atom is 0.273 e. The lowest BCUT2D eigenvalue weighted by Gasteiger charge is -2.03. The molecule has 4 aromatic rings. The number of hydrogen-bond donors (Lipinski definition) is 2. The van der Waals surface area contributed by atoms with Gasteiger partial charge in [0.1, 0.15) is 17.5 Å². The predicted molar refractivity (Wildman–Crippen MR) is 115 cm³/mol. The Bertz CT molecular complexity index is 1220. The monoisotopic (exact) mass is 412 g/mol. The van der Waals surface area contributed by atoms with Gasteiger partial charge in [-0.15, -0.1) is 0 Å². The Morgan fingerprint density at radius 2 is 1.84 bits per heavy atom. The van der Waals surface area contributed by atoms with Crippen molar-refractivity contribution >= 4 is 11.7 Å². The van der Waals surface area contributed by atoms with Gasteiger partial charge in [-0.05, 0) is 25.0 Å². The van der Waals surface area contributed by atoms with Crippen molar-refractivity contribution in [1.82, 2.24) is 20.3 Å². The first-order valence-electron chi connectivity index (χ1n) is 9.80. The molecule has 0 atom stereocenters. The first kappa shape index (κ1) is 19.9. The summed E-state index contributed by atoms with van der Waals surface area (Å²) in [6, 6.07) is 22.6. The van der Waals surface area contributed by atoms with Crippen molar-refractivity contribution in [3.8, 4) is 23.1 Å². The van der Waals surface area contributed by atoms with Crippen LogP contribution in [0.15, 0.2) is 71.3 Å². The lowest BCUT2D eigenvalue weighted by atomic mass is 10.1. The molecule has 2 aromatic carbocycles. The summed E-state index contributed by atoms with van der Waals surface area (Å²) in [4.78, 5) is 12.3. The molecule has 2 heterocycles. The van der Waals surface area contributed by atoms with E-state index in [-0.39, 0.29) is 11.6 Å². The SMILES string of the molecule is N#Cc1c(CCCNC(=O)c2cc(-c3ccccc3)on2)nn(-c2ccccc2)c1N. The number of nitrogens with two attached hydrogens (primary N) is 1. The Kier molecular flexibility index (Phi) is 5.76. The molecule has 0 bridgehead atoms. The fraction of sp³-hybridized carbons (Fsp3) is 0.130. The summed E-state index contributed by atoms with van der Waals surface area (Å²) in [6.45, 7) is 0.398. The highest BCUT2D eigenvalue weighted by atomic mass is 16.5. The highest BCUT2D eigenvalue weighted by molar-refractivity contribution is 5.93. The van der Waals surface area contributed by atoms with Crippen molar-refractivity contribution in [2.45, 2.75) is 12.8 Å². The van der Waals surface area contributed by atoms with Crippen molar-refractivity contribution in [3.05, 3.63) is 83.7 Å². The predicted octanol–water partition coefficient (Wildman–Crippen LogP) is 3.34. The zero-order valence-electron chi connectivity index (χ0n) is 16.7. The van der Waals surface area contributed by atoms with Gasteiger partial charge in [0.25, 0.3) is 5.91 Å². The average Bonchev–Trinajstić information content (AvgIpc) is 3.43. The van der Waals surface area contributed by atoms with E-state index in [9.17, 15) is 10.1 Å². The summed E-state index contributed by atoms with van der Waals surface area (Å²) in [7, 11) is 0. The molecule has 2 aromatic heterocycles. The van der Waals surface area contributed by atoms with Gasteiger partial charge in [0.05, 0.1) is 11.4 Å². The first-order chi connectivity index (χ1) is 15.2. The Labute approximate surface area is 178 Å². The smallest absolute Gasteiger partial charge is 0.273 e. The summed E-state index contributed by atoms with van der Waals surface area (Å²) in [5.74, 6) is 0.524. The molecular formula is C23H20N6O2. The van der Waals surface area contributed by atoms with Crippen LogP contribution in [0.4, 0.5) is 5.82 Å². The molecule has 8 nitrogen and oxygen atoms in total. The van der Waals surface area contributed by atoms with Gasteiger partial charge in [0, 0.05) is 18.2 Å². The molecule has 4 rings (SSSR count). The molecular weight excluding hydrogens is 392 g/mol. The highest BCUT2D eigenvalue weighted by Gasteiger charge is 2.17. The number of rotatable bonds is 7. The fourth-order valence-electron chi connectivity index (χ4n) is 3.21. The van der Waals surface area contributed by atoms with Gasteiger partial charge < -0.3 is 15.6 Å². The van der Waals surface area contributed by atoms with Crippen LogP contribution in [0, 0.1) is 11.3 Å². The Morgan fingerprint density at radius 3 is 2.55 bits per heavy atom. The number of aromatic nitrogens is 3. The minimum absolute atomic E-state index is 0.217. The summed E-state index contributed by atoms with van der Waals surface area (Å²) < 4.78 is 6.82. The highest BCUT2D eigenvalue weighted by Crippen LogP contribution is 2.22. The zero-order chi connectivity index (χ0) is 21.6. The van der Waals surface area contributed by atoms with Gasteiger partial charge in [-0.1, -0.05) is 53.7 Å². The second kappa shape index (κ2) is 8.97. The van der Waals surface area contributed by atoms with Gasteiger partial charge >= 0.3 is 0 Å². The minimum Gasteiger partial charge on any atom is -0.382 e. The van der Waals surface area contributed by atoms with Gasteiger partial charge in [-0.3, -0.25) is 4.79 Å². The van der Waals surface area contributed by atoms with Crippen molar-refractivity contribution in [1.29, 1.82) is 5.26 Å². The van der Waals surface area contributed by atoms with Crippen molar-refractivity contribution < 1.29 is 9.32 Å². The van der Waals surface area contributed by atoms with Crippen LogP contribution in [0.3, 0.4) is 0 Å². The summed E-state index contributed by atoms with van der Waals surface area (Å²) >= 11 is 0. The Morgan fingerprint density at radius 1 is 1.13 bits per heavy atom. The molecule has 0 aliphatic heterocycles. The Balaban J connectivity index is 1.36. The number of benzene rings is 2. The van der Waals surface area contributed by atoms with E-state index in [0.29, 0.717) is 42.2 Å². The van der Waals surface area contributed by atoms with E-state index in [1.165, 1.54) is 0 Å². The van der Waals surface area contributed by atoms with Crippen LogP contribution in [0.5, 0.6) is 0 Å². The molecule has 0 spiro atoms. The molecule has 0 fully saturated rings. The maximum atomic E-state index is 12.3. The number of nitrogens with zero attached hydrogens (tertiary/aromatic N) is 4. The third kappa shape index (κ3) is 4.31. The molecule has 0 saturated carbocycles. The number of aryl methyl sites for hydroxylation is 1. The average molecular weight is 412 g/mol. The van der Waals surface area contributed by atoms with Crippen molar-refractivity contribution in [2.24, 2.45) is 0 Å². The number of para-hydroxylation sites is 1. The van der Waals surface area contributed by atoms with Crippen LogP contribution in [0.1, 0.15) is 28.2 Å². The van der Waals surface area contributed by atoms with E-state index in [4.69, 9.17) is 10.3 Å². The number of carbonyl (C=O) groups excluding carboxylic acids is 1. The quantitative estimate of drug-likeness (QED) is 0.449. The number of carbonyl (C=O) groups is 1. The van der Waals surface area contributed by atoms with Gasteiger partial charge in [-0.2, -0.15) is 10.4 Å². The number of anilines is 1. The molecule has 8 heteroatoms. The standard InChI is InChI=1S/C23H20N6O2/c24-15-18-19(27-29(22(18)25)17-10-5-2-6-11-17)12-7-13-26-23(30)20-14-21(31-28-20)16-8-3-1-4-9-16/h1-6,8-11,14H,7,12-13,25H2,(H,26,30). The Hall–Kier alpha value is -4.38. The second-order valence-electron chi connectivity index (χ2n) is 6.87. The maximum absolute atomic E-state index is 12.3.